The molecule has 0 unspecified atom stereocenters. The number of hydrogen-bond donors (Lipinski definition) is 1. The second-order valence-electron chi connectivity index (χ2n) is 8.18. The van der Waals surface area contributed by atoms with Crippen LogP contribution in [0, 0.1) is 19.8 Å². The largest absolute Gasteiger partial charge is 0.493 e. The van der Waals surface area contributed by atoms with Crippen LogP contribution in [-0.2, 0) is 9.59 Å². The summed E-state index contributed by atoms with van der Waals surface area (Å²) < 4.78 is 11.2. The maximum Gasteiger partial charge on any atom is 0.294 e. The number of rotatable bonds is 8. The van der Waals surface area contributed by atoms with Crippen LogP contribution in [0.3, 0.4) is 0 Å². The van der Waals surface area contributed by atoms with Gasteiger partial charge in [0.05, 0.1) is 18.6 Å². The van der Waals surface area contributed by atoms with Crippen molar-refractivity contribution in [3.63, 3.8) is 0 Å². The van der Waals surface area contributed by atoms with Crippen molar-refractivity contribution >= 4 is 40.6 Å². The van der Waals surface area contributed by atoms with E-state index in [2.05, 4.69) is 19.2 Å². The lowest BCUT2D eigenvalue weighted by molar-refractivity contribution is -0.127. The van der Waals surface area contributed by atoms with E-state index in [1.165, 1.54) is 0 Å². The molecule has 1 aliphatic heterocycles. The number of benzene rings is 2. The lowest BCUT2D eigenvalue weighted by Gasteiger charge is -2.14. The van der Waals surface area contributed by atoms with Gasteiger partial charge in [0.2, 0.25) is 5.91 Å². The molecule has 0 aliphatic carbocycles. The van der Waals surface area contributed by atoms with E-state index in [1.54, 1.807) is 37.5 Å². The molecule has 1 aliphatic rings. The SMILES string of the molecule is COc1cc(/C=C2\SC(=O)N(CC(=O)Nc3cccc(C)c3C)C2=O)ccc1OCC(C)C. The highest BCUT2D eigenvalue weighted by Crippen LogP contribution is 2.34. The standard InChI is InChI=1S/C25H28N2O5S/c1-15(2)14-32-20-10-9-18(11-21(20)31-5)12-22-24(29)27(25(30)33-22)13-23(28)26-19-8-6-7-16(3)17(19)4/h6-12,15H,13-14H2,1-5H3,(H,26,28)/b22-12-. The van der Waals surface area contributed by atoms with Crippen LogP contribution in [0.15, 0.2) is 41.3 Å². The summed E-state index contributed by atoms with van der Waals surface area (Å²) in [7, 11) is 1.55. The number of amides is 3. The Balaban J connectivity index is 1.71. The van der Waals surface area contributed by atoms with E-state index in [9.17, 15) is 14.4 Å². The molecule has 1 saturated heterocycles. The van der Waals surface area contributed by atoms with Crippen LogP contribution in [0.2, 0.25) is 0 Å². The molecule has 2 aromatic rings. The van der Waals surface area contributed by atoms with Gasteiger partial charge in [0.25, 0.3) is 11.1 Å². The van der Waals surface area contributed by atoms with Gasteiger partial charge in [-0.05, 0) is 72.5 Å². The van der Waals surface area contributed by atoms with Crippen LogP contribution in [0.4, 0.5) is 10.5 Å². The molecule has 0 saturated carbocycles. The van der Waals surface area contributed by atoms with Gasteiger partial charge < -0.3 is 14.8 Å². The summed E-state index contributed by atoms with van der Waals surface area (Å²) in [6.45, 7) is 8.17. The molecule has 8 heteroatoms. The number of carbonyl (C=O) groups excluding carboxylic acids is 3. The van der Waals surface area contributed by atoms with Gasteiger partial charge in [-0.15, -0.1) is 0 Å². The highest BCUT2D eigenvalue weighted by atomic mass is 32.2. The molecular weight excluding hydrogens is 440 g/mol. The minimum atomic E-state index is -0.500. The summed E-state index contributed by atoms with van der Waals surface area (Å²) in [4.78, 5) is 38.9. The molecule has 174 valence electrons. The van der Waals surface area contributed by atoms with E-state index >= 15 is 0 Å². The molecule has 0 bridgehead atoms. The van der Waals surface area contributed by atoms with Gasteiger partial charge in [-0.25, -0.2) is 0 Å². The summed E-state index contributed by atoms with van der Waals surface area (Å²) in [6.07, 6.45) is 1.61. The maximum absolute atomic E-state index is 12.8. The Labute approximate surface area is 198 Å². The van der Waals surface area contributed by atoms with Crippen molar-refractivity contribution in [3.8, 4) is 11.5 Å². The fourth-order valence-corrected chi connectivity index (χ4v) is 4.00. The Morgan fingerprint density at radius 2 is 1.91 bits per heavy atom. The molecular formula is C25H28N2O5S. The predicted molar refractivity (Wildman–Crippen MR) is 131 cm³/mol. The number of anilines is 1. The molecule has 0 aromatic heterocycles. The van der Waals surface area contributed by atoms with E-state index in [1.807, 2.05) is 26.0 Å². The highest BCUT2D eigenvalue weighted by molar-refractivity contribution is 8.18. The predicted octanol–water partition coefficient (Wildman–Crippen LogP) is 5.02. The number of thioether (sulfide) groups is 1. The lowest BCUT2D eigenvalue weighted by Crippen LogP contribution is -2.36. The van der Waals surface area contributed by atoms with E-state index in [-0.39, 0.29) is 11.4 Å². The van der Waals surface area contributed by atoms with Crippen molar-refractivity contribution in [2.24, 2.45) is 5.92 Å². The van der Waals surface area contributed by atoms with Crippen LogP contribution < -0.4 is 14.8 Å². The summed E-state index contributed by atoms with van der Waals surface area (Å²) in [6, 6.07) is 10.9. The second kappa shape index (κ2) is 10.6. The number of aryl methyl sites for hydroxylation is 1. The van der Waals surface area contributed by atoms with Gasteiger partial charge in [-0.3, -0.25) is 19.3 Å². The Morgan fingerprint density at radius 3 is 2.61 bits per heavy atom. The van der Waals surface area contributed by atoms with Gasteiger partial charge >= 0.3 is 0 Å². The van der Waals surface area contributed by atoms with E-state index in [0.29, 0.717) is 35.3 Å². The van der Waals surface area contributed by atoms with Crippen molar-refractivity contribution in [2.75, 3.05) is 25.6 Å². The Hall–Kier alpha value is -3.26. The third kappa shape index (κ3) is 5.96. The average molecular weight is 469 g/mol. The highest BCUT2D eigenvalue weighted by Gasteiger charge is 2.36. The second-order valence-corrected chi connectivity index (χ2v) is 9.17. The van der Waals surface area contributed by atoms with Crippen molar-refractivity contribution in [1.82, 2.24) is 4.90 Å². The van der Waals surface area contributed by atoms with E-state index in [0.717, 1.165) is 27.8 Å². The van der Waals surface area contributed by atoms with Crippen LogP contribution in [0.5, 0.6) is 11.5 Å². The number of nitrogens with one attached hydrogen (secondary N) is 1. The Morgan fingerprint density at radius 1 is 1.15 bits per heavy atom. The molecule has 33 heavy (non-hydrogen) atoms. The molecule has 0 atom stereocenters. The number of nitrogens with zero attached hydrogens (tertiary/aromatic N) is 1. The first-order valence-corrected chi connectivity index (χ1v) is 11.4. The van der Waals surface area contributed by atoms with Gasteiger partial charge in [-0.1, -0.05) is 32.0 Å². The molecule has 0 radical (unpaired) electrons. The summed E-state index contributed by atoms with van der Waals surface area (Å²) in [5, 5.41) is 2.30. The van der Waals surface area contributed by atoms with Gasteiger partial charge in [0.1, 0.15) is 6.54 Å². The minimum Gasteiger partial charge on any atom is -0.493 e. The van der Waals surface area contributed by atoms with E-state index in [4.69, 9.17) is 9.47 Å². The van der Waals surface area contributed by atoms with Gasteiger partial charge in [0, 0.05) is 5.69 Å². The van der Waals surface area contributed by atoms with Crippen molar-refractivity contribution in [1.29, 1.82) is 0 Å². The summed E-state index contributed by atoms with van der Waals surface area (Å²) >= 11 is 0.809. The first-order valence-electron chi connectivity index (χ1n) is 10.6. The molecule has 2 aromatic carbocycles. The Kier molecular flexibility index (Phi) is 7.81. The smallest absolute Gasteiger partial charge is 0.294 e. The van der Waals surface area contributed by atoms with Crippen LogP contribution in [-0.4, -0.2) is 42.2 Å². The van der Waals surface area contributed by atoms with Crippen LogP contribution in [0.1, 0.15) is 30.5 Å². The number of methoxy groups -OCH3 is 1. The molecule has 1 fully saturated rings. The maximum atomic E-state index is 12.8. The lowest BCUT2D eigenvalue weighted by atomic mass is 10.1. The number of ether oxygens (including phenoxy) is 2. The average Bonchev–Trinajstić information content (AvgIpc) is 3.03. The van der Waals surface area contributed by atoms with Gasteiger partial charge in [-0.2, -0.15) is 0 Å². The first-order chi connectivity index (χ1) is 15.7. The minimum absolute atomic E-state index is 0.248. The molecule has 0 spiro atoms. The summed E-state index contributed by atoms with van der Waals surface area (Å²) in [5.41, 5.74) is 3.33. The third-order valence-electron chi connectivity index (χ3n) is 5.11. The zero-order chi connectivity index (χ0) is 24.1. The topological polar surface area (TPSA) is 84.9 Å². The van der Waals surface area contributed by atoms with Crippen LogP contribution >= 0.6 is 11.8 Å². The van der Waals surface area contributed by atoms with Gasteiger partial charge in [0.15, 0.2) is 11.5 Å². The number of imide groups is 1. The van der Waals surface area contributed by atoms with Crippen molar-refractivity contribution in [3.05, 3.63) is 58.0 Å². The fourth-order valence-electron chi connectivity index (χ4n) is 3.16. The molecule has 3 rings (SSSR count). The number of carbonyl (C=O) groups is 3. The summed E-state index contributed by atoms with van der Waals surface area (Å²) in [5.74, 6) is 0.588. The fraction of sp³-hybridized carbons (Fsp3) is 0.320. The molecule has 7 nitrogen and oxygen atoms in total. The zero-order valence-electron chi connectivity index (χ0n) is 19.4. The monoisotopic (exact) mass is 468 g/mol. The van der Waals surface area contributed by atoms with E-state index < -0.39 is 17.1 Å². The third-order valence-corrected chi connectivity index (χ3v) is 6.02. The normalized spacial score (nSPS) is 14.8. The van der Waals surface area contributed by atoms with Crippen LogP contribution in [0.25, 0.3) is 6.08 Å². The number of hydrogen-bond acceptors (Lipinski definition) is 6. The van der Waals surface area contributed by atoms with Crippen molar-refractivity contribution in [2.45, 2.75) is 27.7 Å². The quantitative estimate of drug-likeness (QED) is 0.548. The zero-order valence-corrected chi connectivity index (χ0v) is 20.2. The molecule has 1 heterocycles. The molecule has 1 N–H and O–H groups in total. The van der Waals surface area contributed by atoms with Crippen molar-refractivity contribution < 1.29 is 23.9 Å². The molecule has 3 amide bonds. The first kappa shape index (κ1) is 24.4. The Bertz CT molecular complexity index is 1110.